The van der Waals surface area contributed by atoms with E-state index >= 15 is 0 Å². The molecule has 0 atom stereocenters. The smallest absolute Gasteiger partial charge is 0.324 e. The zero-order valence-corrected chi connectivity index (χ0v) is 15.1. The molecule has 0 bridgehead atoms. The number of carbonyl (C=O) groups excluding carboxylic acids is 4. The first-order valence-electron chi connectivity index (χ1n) is 7.30. The summed E-state index contributed by atoms with van der Waals surface area (Å²) in [5.74, 6) is -2.64. The van der Waals surface area contributed by atoms with Crippen LogP contribution in [-0.4, -0.2) is 40.7 Å². The number of nitrogens with zero attached hydrogens (tertiary/aromatic N) is 1. The fourth-order valence-corrected chi connectivity index (χ4v) is 2.50. The highest BCUT2D eigenvalue weighted by Gasteiger charge is 2.43. The summed E-state index contributed by atoms with van der Waals surface area (Å²) in [7, 11) is 0. The summed E-state index contributed by atoms with van der Waals surface area (Å²) in [5.41, 5.74) is 2.94. The Labute approximate surface area is 151 Å². The number of imide groups is 1. The van der Waals surface area contributed by atoms with Crippen molar-refractivity contribution in [3.63, 3.8) is 0 Å². The number of halogens is 2. The largest absolute Gasteiger partial charge is 0.325 e. The number of urea groups is 1. The molecule has 1 heterocycles. The maximum atomic E-state index is 13.6. The van der Waals surface area contributed by atoms with E-state index in [0.717, 1.165) is 11.0 Å². The third-order valence-electron chi connectivity index (χ3n) is 3.50. The summed E-state index contributed by atoms with van der Waals surface area (Å²) in [6, 6.07) is 3.29. The fourth-order valence-electron chi connectivity index (χ4n) is 2.16. The quantitative estimate of drug-likeness (QED) is 0.505. The molecular formula is C15H16BrFN4O4. The molecule has 2 rings (SSSR count). The van der Waals surface area contributed by atoms with E-state index in [2.05, 4.69) is 32.1 Å². The van der Waals surface area contributed by atoms with E-state index in [1.54, 1.807) is 13.8 Å². The average molecular weight is 415 g/mol. The monoisotopic (exact) mass is 414 g/mol. The van der Waals surface area contributed by atoms with Gasteiger partial charge >= 0.3 is 6.03 Å². The van der Waals surface area contributed by atoms with E-state index in [-0.39, 0.29) is 18.5 Å². The molecule has 3 N–H and O–H groups in total. The minimum Gasteiger partial charge on any atom is -0.324 e. The average Bonchev–Trinajstić information content (AvgIpc) is 2.71. The molecule has 1 saturated heterocycles. The van der Waals surface area contributed by atoms with Crippen molar-refractivity contribution >= 4 is 39.7 Å². The van der Waals surface area contributed by atoms with Crippen molar-refractivity contribution in [2.75, 3.05) is 6.54 Å². The van der Waals surface area contributed by atoms with Crippen LogP contribution < -0.4 is 16.2 Å². The Balaban J connectivity index is 1.84. The first-order chi connectivity index (χ1) is 11.6. The molecule has 0 unspecified atom stereocenters. The lowest BCUT2D eigenvalue weighted by Crippen LogP contribution is -2.44. The molecule has 134 valence electrons. The molecule has 0 aromatic heterocycles. The summed E-state index contributed by atoms with van der Waals surface area (Å²) in [6.45, 7) is 2.98. The lowest BCUT2D eigenvalue weighted by Gasteiger charge is -2.15. The summed E-state index contributed by atoms with van der Waals surface area (Å²) < 4.78 is 14.1. The van der Waals surface area contributed by atoms with E-state index in [1.165, 1.54) is 12.1 Å². The molecule has 1 fully saturated rings. The lowest BCUT2D eigenvalue weighted by atomic mass is 10.1. The second kappa shape index (κ2) is 7.18. The van der Waals surface area contributed by atoms with Gasteiger partial charge in [0, 0.05) is 17.4 Å². The maximum Gasteiger partial charge on any atom is 0.325 e. The third-order valence-corrected chi connectivity index (χ3v) is 3.99. The van der Waals surface area contributed by atoms with Crippen molar-refractivity contribution < 1.29 is 23.6 Å². The van der Waals surface area contributed by atoms with Crippen LogP contribution in [0.25, 0.3) is 0 Å². The molecular weight excluding hydrogens is 399 g/mol. The molecule has 25 heavy (non-hydrogen) atoms. The highest BCUT2D eigenvalue weighted by Crippen LogP contribution is 2.17. The molecule has 8 nitrogen and oxygen atoms in total. The van der Waals surface area contributed by atoms with Crippen LogP contribution in [0.1, 0.15) is 30.6 Å². The Hall–Kier alpha value is -2.49. The van der Waals surface area contributed by atoms with Crippen LogP contribution >= 0.6 is 15.9 Å². The standard InChI is InChI=1S/C15H16BrFN4O4/c1-15(2)13(24)21(14(25)18-15)6-5-11(22)19-20-12(23)9-4-3-8(16)7-10(9)17/h3-4,7H,5-6H2,1-2H3,(H,18,25)(H,19,22)(H,20,23). The number of hydrogen-bond acceptors (Lipinski definition) is 4. The second-order valence-electron chi connectivity index (χ2n) is 5.89. The predicted octanol–water partition coefficient (Wildman–Crippen LogP) is 1.07. The minimum atomic E-state index is -1.01. The van der Waals surface area contributed by atoms with Gasteiger partial charge in [0.25, 0.3) is 11.8 Å². The molecule has 0 radical (unpaired) electrons. The van der Waals surface area contributed by atoms with Crippen molar-refractivity contribution in [2.24, 2.45) is 0 Å². The summed E-state index contributed by atoms with van der Waals surface area (Å²) in [5, 5.41) is 2.49. The van der Waals surface area contributed by atoms with Gasteiger partial charge in [0.2, 0.25) is 5.91 Å². The van der Waals surface area contributed by atoms with Crippen LogP contribution in [0.5, 0.6) is 0 Å². The van der Waals surface area contributed by atoms with Crippen LogP contribution in [0.2, 0.25) is 0 Å². The van der Waals surface area contributed by atoms with E-state index < -0.39 is 35.1 Å². The molecule has 0 saturated carbocycles. The van der Waals surface area contributed by atoms with Gasteiger partial charge < -0.3 is 5.32 Å². The van der Waals surface area contributed by atoms with Crippen LogP contribution in [0.4, 0.5) is 9.18 Å². The zero-order chi connectivity index (χ0) is 18.8. The van der Waals surface area contributed by atoms with Gasteiger partial charge in [-0.25, -0.2) is 9.18 Å². The van der Waals surface area contributed by atoms with Crippen LogP contribution in [-0.2, 0) is 9.59 Å². The molecule has 5 amide bonds. The van der Waals surface area contributed by atoms with Crippen molar-refractivity contribution in [2.45, 2.75) is 25.8 Å². The Bertz CT molecular complexity index is 753. The van der Waals surface area contributed by atoms with Gasteiger partial charge in [-0.2, -0.15) is 0 Å². The van der Waals surface area contributed by atoms with E-state index in [1.807, 2.05) is 0 Å². The van der Waals surface area contributed by atoms with Gasteiger partial charge in [0.15, 0.2) is 0 Å². The number of amides is 5. The number of carbonyl (C=O) groups is 4. The van der Waals surface area contributed by atoms with Crippen molar-refractivity contribution in [1.29, 1.82) is 0 Å². The Morgan fingerprint density at radius 3 is 2.52 bits per heavy atom. The lowest BCUT2D eigenvalue weighted by molar-refractivity contribution is -0.130. The normalized spacial score (nSPS) is 15.8. The van der Waals surface area contributed by atoms with E-state index in [9.17, 15) is 23.6 Å². The Kier molecular flexibility index (Phi) is 5.41. The number of benzene rings is 1. The predicted molar refractivity (Wildman–Crippen MR) is 88.6 cm³/mol. The number of hydrogen-bond donors (Lipinski definition) is 3. The van der Waals surface area contributed by atoms with Gasteiger partial charge in [0.1, 0.15) is 11.4 Å². The van der Waals surface area contributed by atoms with Crippen molar-refractivity contribution in [3.8, 4) is 0 Å². The Morgan fingerprint density at radius 2 is 1.96 bits per heavy atom. The fraction of sp³-hybridized carbons (Fsp3) is 0.333. The van der Waals surface area contributed by atoms with Gasteiger partial charge in [-0.15, -0.1) is 0 Å². The van der Waals surface area contributed by atoms with Crippen molar-refractivity contribution in [3.05, 3.63) is 34.1 Å². The maximum absolute atomic E-state index is 13.6. The summed E-state index contributed by atoms with van der Waals surface area (Å²) >= 11 is 3.07. The molecule has 1 aromatic carbocycles. The molecule has 1 aliphatic heterocycles. The van der Waals surface area contributed by atoms with Crippen molar-refractivity contribution in [1.82, 2.24) is 21.1 Å². The molecule has 10 heteroatoms. The number of rotatable bonds is 4. The second-order valence-corrected chi connectivity index (χ2v) is 6.80. The highest BCUT2D eigenvalue weighted by molar-refractivity contribution is 9.10. The molecule has 1 aromatic rings. The SMILES string of the molecule is CC1(C)NC(=O)N(CCC(=O)NNC(=O)c2ccc(Br)cc2F)C1=O. The van der Waals surface area contributed by atoms with Crippen LogP contribution in [0.15, 0.2) is 22.7 Å². The molecule has 0 aliphatic carbocycles. The Morgan fingerprint density at radius 1 is 1.28 bits per heavy atom. The number of hydrazine groups is 1. The van der Waals surface area contributed by atoms with Gasteiger partial charge in [-0.05, 0) is 32.0 Å². The van der Waals surface area contributed by atoms with Crippen LogP contribution in [0, 0.1) is 5.82 Å². The number of nitrogens with one attached hydrogen (secondary N) is 3. The van der Waals surface area contributed by atoms with E-state index in [0.29, 0.717) is 4.47 Å². The van der Waals surface area contributed by atoms with Gasteiger partial charge in [-0.3, -0.25) is 30.1 Å². The van der Waals surface area contributed by atoms with Gasteiger partial charge in [-0.1, -0.05) is 15.9 Å². The first-order valence-corrected chi connectivity index (χ1v) is 8.09. The topological polar surface area (TPSA) is 108 Å². The third kappa shape index (κ3) is 4.32. The molecule has 0 spiro atoms. The van der Waals surface area contributed by atoms with Crippen LogP contribution in [0.3, 0.4) is 0 Å². The summed E-state index contributed by atoms with van der Waals surface area (Å²) in [4.78, 5) is 48.1. The highest BCUT2D eigenvalue weighted by atomic mass is 79.9. The molecule has 1 aliphatic rings. The summed E-state index contributed by atoms with van der Waals surface area (Å²) in [6.07, 6.45) is -0.210. The minimum absolute atomic E-state index is 0.136. The van der Waals surface area contributed by atoms with Gasteiger partial charge in [0.05, 0.1) is 5.56 Å². The van der Waals surface area contributed by atoms with E-state index in [4.69, 9.17) is 0 Å². The first kappa shape index (κ1) is 18.8. The zero-order valence-electron chi connectivity index (χ0n) is 13.5.